The van der Waals surface area contributed by atoms with Gasteiger partial charge < -0.3 is 4.90 Å². The van der Waals surface area contributed by atoms with Gasteiger partial charge in [-0.05, 0) is 18.9 Å². The van der Waals surface area contributed by atoms with Crippen LogP contribution in [0, 0.1) is 0 Å². The first-order valence-corrected chi connectivity index (χ1v) is 10.3. The standard InChI is InChI=1S/C17H23N5O3S/c1-13-17(23)21(10-9-14-7-5-4-6-8-14)12-16-19-18-15(22(13)16)11-20(2)26(3,24)25/h4-8,13H,9-12H2,1-3H3/t13-/m1/s1. The zero-order valence-electron chi connectivity index (χ0n) is 15.2. The van der Waals surface area contributed by atoms with Gasteiger partial charge in [0.25, 0.3) is 0 Å². The molecule has 1 aromatic heterocycles. The predicted molar refractivity (Wildman–Crippen MR) is 96.6 cm³/mol. The Morgan fingerprint density at radius 2 is 1.92 bits per heavy atom. The molecular weight excluding hydrogens is 354 g/mol. The third kappa shape index (κ3) is 3.78. The molecule has 3 rings (SSSR count). The van der Waals surface area contributed by atoms with Crippen molar-refractivity contribution < 1.29 is 13.2 Å². The van der Waals surface area contributed by atoms with Crippen LogP contribution < -0.4 is 0 Å². The lowest BCUT2D eigenvalue weighted by Gasteiger charge is -2.32. The number of nitrogens with zero attached hydrogens (tertiary/aromatic N) is 5. The monoisotopic (exact) mass is 377 g/mol. The number of fused-ring (bicyclic) bond motifs is 1. The second-order valence-electron chi connectivity index (χ2n) is 6.59. The average Bonchev–Trinajstić information content (AvgIpc) is 2.99. The fourth-order valence-electron chi connectivity index (χ4n) is 3.06. The van der Waals surface area contributed by atoms with Crippen molar-refractivity contribution in [2.24, 2.45) is 0 Å². The molecule has 1 aliphatic heterocycles. The minimum atomic E-state index is -3.33. The maximum atomic E-state index is 12.8. The van der Waals surface area contributed by atoms with Gasteiger partial charge in [0.05, 0.1) is 19.3 Å². The predicted octanol–water partition coefficient (Wildman–Crippen LogP) is 0.815. The van der Waals surface area contributed by atoms with Crippen LogP contribution >= 0.6 is 0 Å². The molecule has 0 fully saturated rings. The molecule has 0 saturated carbocycles. The Kier molecular flexibility index (Phi) is 5.10. The van der Waals surface area contributed by atoms with E-state index in [-0.39, 0.29) is 12.5 Å². The van der Waals surface area contributed by atoms with Crippen LogP contribution in [0.4, 0.5) is 0 Å². The molecule has 1 amide bonds. The van der Waals surface area contributed by atoms with E-state index in [0.717, 1.165) is 12.7 Å². The van der Waals surface area contributed by atoms with Crippen molar-refractivity contribution in [1.29, 1.82) is 0 Å². The van der Waals surface area contributed by atoms with E-state index in [1.807, 2.05) is 30.3 Å². The topological polar surface area (TPSA) is 88.4 Å². The molecule has 9 heteroatoms. The molecule has 140 valence electrons. The molecule has 0 bridgehead atoms. The van der Waals surface area contributed by atoms with Crippen molar-refractivity contribution in [3.63, 3.8) is 0 Å². The van der Waals surface area contributed by atoms with Gasteiger partial charge in [-0.1, -0.05) is 30.3 Å². The largest absolute Gasteiger partial charge is 0.333 e. The Bertz CT molecular complexity index is 894. The molecule has 2 heterocycles. The first kappa shape index (κ1) is 18.5. The van der Waals surface area contributed by atoms with Gasteiger partial charge in [0, 0.05) is 13.6 Å². The summed E-state index contributed by atoms with van der Waals surface area (Å²) in [5.41, 5.74) is 1.18. The molecule has 1 atom stereocenters. The number of carbonyl (C=O) groups is 1. The highest BCUT2D eigenvalue weighted by Gasteiger charge is 2.33. The van der Waals surface area contributed by atoms with E-state index >= 15 is 0 Å². The summed E-state index contributed by atoms with van der Waals surface area (Å²) in [4.78, 5) is 14.5. The molecule has 0 aliphatic carbocycles. The lowest BCUT2D eigenvalue weighted by atomic mass is 10.1. The molecule has 0 unspecified atom stereocenters. The Labute approximate surface area is 153 Å². The van der Waals surface area contributed by atoms with Crippen LogP contribution in [0.3, 0.4) is 0 Å². The van der Waals surface area contributed by atoms with E-state index in [0.29, 0.717) is 24.7 Å². The van der Waals surface area contributed by atoms with Gasteiger partial charge in [0.15, 0.2) is 5.82 Å². The van der Waals surface area contributed by atoms with Crippen molar-refractivity contribution in [3.8, 4) is 0 Å². The lowest BCUT2D eigenvalue weighted by Crippen LogP contribution is -2.43. The van der Waals surface area contributed by atoms with Crippen molar-refractivity contribution in [2.75, 3.05) is 19.8 Å². The molecule has 0 N–H and O–H groups in total. The van der Waals surface area contributed by atoms with Crippen molar-refractivity contribution in [2.45, 2.75) is 32.5 Å². The number of amides is 1. The Hall–Kier alpha value is -2.26. The Morgan fingerprint density at radius 3 is 2.58 bits per heavy atom. The highest BCUT2D eigenvalue weighted by molar-refractivity contribution is 7.88. The van der Waals surface area contributed by atoms with Crippen molar-refractivity contribution in [3.05, 3.63) is 47.5 Å². The summed E-state index contributed by atoms with van der Waals surface area (Å²) >= 11 is 0. The number of benzene rings is 1. The van der Waals surface area contributed by atoms with Gasteiger partial charge in [0.1, 0.15) is 11.9 Å². The molecule has 0 radical (unpaired) electrons. The summed E-state index contributed by atoms with van der Waals surface area (Å²) in [6.45, 7) is 2.88. The number of rotatable bonds is 6. The number of hydrogen-bond acceptors (Lipinski definition) is 5. The number of aromatic nitrogens is 3. The van der Waals surface area contributed by atoms with Gasteiger partial charge in [0.2, 0.25) is 15.9 Å². The Balaban J connectivity index is 1.75. The van der Waals surface area contributed by atoms with Crippen LogP contribution in [0.5, 0.6) is 0 Å². The molecular formula is C17H23N5O3S. The smallest absolute Gasteiger partial charge is 0.245 e. The zero-order valence-corrected chi connectivity index (χ0v) is 16.0. The van der Waals surface area contributed by atoms with E-state index in [1.165, 1.54) is 16.9 Å². The highest BCUT2D eigenvalue weighted by atomic mass is 32.2. The third-order valence-corrected chi connectivity index (χ3v) is 5.93. The van der Waals surface area contributed by atoms with Crippen LogP contribution in [0.2, 0.25) is 0 Å². The van der Waals surface area contributed by atoms with Crippen molar-refractivity contribution >= 4 is 15.9 Å². The summed E-state index contributed by atoms with van der Waals surface area (Å²) in [5.74, 6) is 1.16. The third-order valence-electron chi connectivity index (χ3n) is 4.67. The van der Waals surface area contributed by atoms with E-state index in [1.54, 1.807) is 16.4 Å². The van der Waals surface area contributed by atoms with Crippen LogP contribution in [0.25, 0.3) is 0 Å². The minimum absolute atomic E-state index is 0.00325. The quantitative estimate of drug-likeness (QED) is 0.743. The second kappa shape index (κ2) is 7.16. The van der Waals surface area contributed by atoms with E-state index in [9.17, 15) is 13.2 Å². The normalized spacial score (nSPS) is 17.6. The maximum absolute atomic E-state index is 12.8. The van der Waals surface area contributed by atoms with Gasteiger partial charge in [-0.2, -0.15) is 4.31 Å². The minimum Gasteiger partial charge on any atom is -0.333 e. The SMILES string of the molecule is C[C@@H]1C(=O)N(CCc2ccccc2)Cc2nnc(CN(C)S(C)(=O)=O)n21. The Morgan fingerprint density at radius 1 is 1.23 bits per heavy atom. The van der Waals surface area contributed by atoms with Crippen LogP contribution in [-0.2, 0) is 34.3 Å². The summed E-state index contributed by atoms with van der Waals surface area (Å²) in [5, 5.41) is 8.30. The molecule has 1 aliphatic rings. The van der Waals surface area contributed by atoms with Crippen LogP contribution in [0.15, 0.2) is 30.3 Å². The molecule has 0 saturated heterocycles. The van der Waals surface area contributed by atoms with E-state index < -0.39 is 16.1 Å². The number of sulfonamides is 1. The lowest BCUT2D eigenvalue weighted by molar-refractivity contribution is -0.137. The molecule has 26 heavy (non-hydrogen) atoms. The molecule has 2 aromatic rings. The first-order valence-electron chi connectivity index (χ1n) is 8.44. The maximum Gasteiger partial charge on any atom is 0.245 e. The number of hydrogen-bond donors (Lipinski definition) is 0. The van der Waals surface area contributed by atoms with E-state index in [4.69, 9.17) is 0 Å². The fourth-order valence-corrected chi connectivity index (χ4v) is 3.41. The summed E-state index contributed by atoms with van der Waals surface area (Å²) in [7, 11) is -1.85. The average molecular weight is 377 g/mol. The van der Waals surface area contributed by atoms with Gasteiger partial charge in [-0.25, -0.2) is 8.42 Å². The molecule has 1 aromatic carbocycles. The van der Waals surface area contributed by atoms with Crippen LogP contribution in [0.1, 0.15) is 30.2 Å². The summed E-state index contributed by atoms with van der Waals surface area (Å²) < 4.78 is 26.2. The first-order chi connectivity index (χ1) is 12.3. The summed E-state index contributed by atoms with van der Waals surface area (Å²) in [6, 6.07) is 9.56. The molecule has 0 spiro atoms. The molecule has 8 nitrogen and oxygen atoms in total. The fraction of sp³-hybridized carbons (Fsp3) is 0.471. The van der Waals surface area contributed by atoms with Crippen LogP contribution in [-0.4, -0.2) is 58.1 Å². The van der Waals surface area contributed by atoms with E-state index in [2.05, 4.69) is 10.2 Å². The van der Waals surface area contributed by atoms with Gasteiger partial charge in [-0.15, -0.1) is 10.2 Å². The highest BCUT2D eigenvalue weighted by Crippen LogP contribution is 2.24. The van der Waals surface area contributed by atoms with Crippen molar-refractivity contribution in [1.82, 2.24) is 24.0 Å². The van der Waals surface area contributed by atoms with Gasteiger partial charge in [-0.3, -0.25) is 9.36 Å². The van der Waals surface area contributed by atoms with Gasteiger partial charge >= 0.3 is 0 Å². The zero-order chi connectivity index (χ0) is 18.9. The second-order valence-corrected chi connectivity index (χ2v) is 8.68. The summed E-state index contributed by atoms with van der Waals surface area (Å²) in [6.07, 6.45) is 1.91. The number of carbonyl (C=O) groups excluding carboxylic acids is 1.